The van der Waals surface area contributed by atoms with Gasteiger partial charge in [-0.2, -0.15) is 0 Å². The Labute approximate surface area is 121 Å². The lowest BCUT2D eigenvalue weighted by atomic mass is 10.1. The molecule has 2 rings (SSSR count). The van der Waals surface area contributed by atoms with Crippen molar-refractivity contribution in [2.24, 2.45) is 0 Å². The summed E-state index contributed by atoms with van der Waals surface area (Å²) in [5.74, 6) is -0.418. The van der Waals surface area contributed by atoms with Crippen molar-refractivity contribution in [1.29, 1.82) is 0 Å². The summed E-state index contributed by atoms with van der Waals surface area (Å²) in [5, 5.41) is 3.85. The number of aromatic nitrogens is 1. The van der Waals surface area contributed by atoms with Gasteiger partial charge in [0.25, 0.3) is 0 Å². The molecule has 2 aromatic rings. The maximum absolute atomic E-state index is 13.4. The highest BCUT2D eigenvalue weighted by atomic mass is 35.5. The SMILES string of the molecule is Cc1nc(Cl)ccc1NC(C)c1ccc(Cl)c(F)c1. The van der Waals surface area contributed by atoms with E-state index in [1.54, 1.807) is 18.2 Å². The number of aryl methyl sites for hydroxylation is 1. The van der Waals surface area contributed by atoms with Gasteiger partial charge in [-0.3, -0.25) is 0 Å². The van der Waals surface area contributed by atoms with Gasteiger partial charge >= 0.3 is 0 Å². The lowest BCUT2D eigenvalue weighted by molar-refractivity contribution is 0.624. The van der Waals surface area contributed by atoms with E-state index in [2.05, 4.69) is 10.3 Å². The summed E-state index contributed by atoms with van der Waals surface area (Å²) in [6.07, 6.45) is 0. The standard InChI is InChI=1S/C14H13Cl2FN2/c1-8(10-3-4-11(15)12(17)7-10)18-13-5-6-14(16)19-9(13)2/h3-8,18H,1-2H3. The summed E-state index contributed by atoms with van der Waals surface area (Å²) in [5.41, 5.74) is 2.48. The lowest BCUT2D eigenvalue weighted by Gasteiger charge is -2.17. The van der Waals surface area contributed by atoms with Crippen molar-refractivity contribution in [3.8, 4) is 0 Å². The van der Waals surface area contributed by atoms with E-state index < -0.39 is 5.82 Å². The van der Waals surface area contributed by atoms with E-state index in [-0.39, 0.29) is 11.1 Å². The van der Waals surface area contributed by atoms with E-state index in [1.807, 2.05) is 19.9 Å². The average Bonchev–Trinajstić information content (AvgIpc) is 2.36. The minimum absolute atomic E-state index is 0.0616. The highest BCUT2D eigenvalue weighted by molar-refractivity contribution is 6.30. The maximum Gasteiger partial charge on any atom is 0.142 e. The van der Waals surface area contributed by atoms with E-state index in [4.69, 9.17) is 23.2 Å². The summed E-state index contributed by atoms with van der Waals surface area (Å²) in [6.45, 7) is 3.81. The minimum atomic E-state index is -0.418. The summed E-state index contributed by atoms with van der Waals surface area (Å²) in [7, 11) is 0. The molecule has 1 aromatic heterocycles. The van der Waals surface area contributed by atoms with E-state index in [9.17, 15) is 4.39 Å². The third-order valence-electron chi connectivity index (χ3n) is 2.87. The first-order valence-electron chi connectivity index (χ1n) is 5.82. The first kappa shape index (κ1) is 14.1. The number of anilines is 1. The van der Waals surface area contributed by atoms with Crippen LogP contribution in [0.1, 0.15) is 24.2 Å². The van der Waals surface area contributed by atoms with Crippen molar-refractivity contribution in [3.05, 3.63) is 57.6 Å². The van der Waals surface area contributed by atoms with Gasteiger partial charge < -0.3 is 5.32 Å². The molecule has 0 aliphatic heterocycles. The van der Waals surface area contributed by atoms with Crippen LogP contribution in [0.2, 0.25) is 10.2 Å². The van der Waals surface area contributed by atoms with Crippen molar-refractivity contribution < 1.29 is 4.39 Å². The molecule has 2 nitrogen and oxygen atoms in total. The van der Waals surface area contributed by atoms with Crippen LogP contribution in [0.5, 0.6) is 0 Å². The summed E-state index contributed by atoms with van der Waals surface area (Å²) in [6, 6.07) is 8.28. The largest absolute Gasteiger partial charge is 0.377 e. The highest BCUT2D eigenvalue weighted by Gasteiger charge is 2.10. The molecule has 0 radical (unpaired) electrons. The Morgan fingerprint density at radius 2 is 1.95 bits per heavy atom. The molecule has 1 unspecified atom stereocenters. The Hall–Kier alpha value is -1.32. The van der Waals surface area contributed by atoms with Crippen molar-refractivity contribution in [2.45, 2.75) is 19.9 Å². The van der Waals surface area contributed by atoms with Crippen LogP contribution in [0.3, 0.4) is 0 Å². The zero-order valence-electron chi connectivity index (χ0n) is 10.5. The number of hydrogen-bond donors (Lipinski definition) is 1. The molecule has 0 amide bonds. The molecule has 1 heterocycles. The topological polar surface area (TPSA) is 24.9 Å². The quantitative estimate of drug-likeness (QED) is 0.806. The highest BCUT2D eigenvalue weighted by Crippen LogP contribution is 2.25. The average molecular weight is 299 g/mol. The molecule has 100 valence electrons. The fraction of sp³-hybridized carbons (Fsp3) is 0.214. The fourth-order valence-electron chi connectivity index (χ4n) is 1.78. The van der Waals surface area contributed by atoms with Gasteiger partial charge in [0.1, 0.15) is 11.0 Å². The molecule has 0 aliphatic rings. The first-order valence-corrected chi connectivity index (χ1v) is 6.57. The van der Waals surface area contributed by atoms with E-state index in [1.165, 1.54) is 6.07 Å². The molecule has 19 heavy (non-hydrogen) atoms. The number of rotatable bonds is 3. The minimum Gasteiger partial charge on any atom is -0.377 e. The third kappa shape index (κ3) is 3.37. The van der Waals surface area contributed by atoms with Gasteiger partial charge in [-0.15, -0.1) is 0 Å². The number of benzene rings is 1. The smallest absolute Gasteiger partial charge is 0.142 e. The molecule has 0 saturated heterocycles. The molecular formula is C14H13Cl2FN2. The van der Waals surface area contributed by atoms with Crippen LogP contribution in [-0.2, 0) is 0 Å². The van der Waals surface area contributed by atoms with Gasteiger partial charge in [0, 0.05) is 6.04 Å². The molecule has 0 spiro atoms. The monoisotopic (exact) mass is 298 g/mol. The molecular weight excluding hydrogens is 286 g/mol. The van der Waals surface area contributed by atoms with Gasteiger partial charge in [0.2, 0.25) is 0 Å². The summed E-state index contributed by atoms with van der Waals surface area (Å²) in [4.78, 5) is 4.16. The molecule has 0 saturated carbocycles. The Morgan fingerprint density at radius 3 is 2.58 bits per heavy atom. The van der Waals surface area contributed by atoms with Crippen LogP contribution in [0, 0.1) is 12.7 Å². The Morgan fingerprint density at radius 1 is 1.21 bits per heavy atom. The van der Waals surface area contributed by atoms with E-state index in [0.717, 1.165) is 16.9 Å². The molecule has 0 aliphatic carbocycles. The van der Waals surface area contributed by atoms with Crippen molar-refractivity contribution >= 4 is 28.9 Å². The molecule has 0 bridgehead atoms. The molecule has 1 aromatic carbocycles. The number of pyridine rings is 1. The predicted molar refractivity (Wildman–Crippen MR) is 77.4 cm³/mol. The van der Waals surface area contributed by atoms with Crippen LogP contribution in [-0.4, -0.2) is 4.98 Å². The number of hydrogen-bond acceptors (Lipinski definition) is 2. The molecule has 5 heteroatoms. The van der Waals surface area contributed by atoms with Gasteiger partial charge in [-0.05, 0) is 43.7 Å². The number of halogens is 3. The van der Waals surface area contributed by atoms with Crippen LogP contribution in [0.15, 0.2) is 30.3 Å². The van der Waals surface area contributed by atoms with Crippen LogP contribution in [0.25, 0.3) is 0 Å². The van der Waals surface area contributed by atoms with Gasteiger partial charge in [-0.1, -0.05) is 29.3 Å². The fourth-order valence-corrected chi connectivity index (χ4v) is 2.09. The second-order valence-corrected chi connectivity index (χ2v) is 5.10. The first-order chi connectivity index (χ1) is 8.97. The maximum atomic E-state index is 13.4. The third-order valence-corrected chi connectivity index (χ3v) is 3.38. The van der Waals surface area contributed by atoms with Crippen molar-refractivity contribution in [2.75, 3.05) is 5.32 Å². The zero-order valence-corrected chi connectivity index (χ0v) is 12.1. The van der Waals surface area contributed by atoms with E-state index >= 15 is 0 Å². The Balaban J connectivity index is 2.20. The Bertz CT molecular complexity index is 602. The molecule has 1 atom stereocenters. The normalized spacial score (nSPS) is 12.3. The van der Waals surface area contributed by atoms with Crippen molar-refractivity contribution in [3.63, 3.8) is 0 Å². The van der Waals surface area contributed by atoms with Crippen LogP contribution in [0.4, 0.5) is 10.1 Å². The second-order valence-electron chi connectivity index (χ2n) is 4.31. The van der Waals surface area contributed by atoms with Gasteiger partial charge in [-0.25, -0.2) is 9.37 Å². The van der Waals surface area contributed by atoms with Crippen molar-refractivity contribution in [1.82, 2.24) is 4.98 Å². The van der Waals surface area contributed by atoms with E-state index in [0.29, 0.717) is 5.15 Å². The number of nitrogens with zero attached hydrogens (tertiary/aromatic N) is 1. The second kappa shape index (κ2) is 5.76. The zero-order chi connectivity index (χ0) is 14.0. The molecule has 1 N–H and O–H groups in total. The van der Waals surface area contributed by atoms with Gasteiger partial charge in [0.15, 0.2) is 0 Å². The van der Waals surface area contributed by atoms with Crippen LogP contribution < -0.4 is 5.32 Å². The predicted octanol–water partition coefficient (Wildman–Crippen LogP) is 5.01. The summed E-state index contributed by atoms with van der Waals surface area (Å²) >= 11 is 11.5. The molecule has 0 fully saturated rings. The summed E-state index contributed by atoms with van der Waals surface area (Å²) < 4.78 is 13.4. The van der Waals surface area contributed by atoms with Gasteiger partial charge in [0.05, 0.1) is 16.4 Å². The lowest BCUT2D eigenvalue weighted by Crippen LogP contribution is -2.08. The van der Waals surface area contributed by atoms with Crippen LogP contribution >= 0.6 is 23.2 Å². The number of nitrogens with one attached hydrogen (secondary N) is 1. The Kier molecular flexibility index (Phi) is 4.27.